The average molecular weight is 298 g/mol. The molecular weight excluding hydrogens is 276 g/mol. The van der Waals surface area contributed by atoms with Crippen molar-refractivity contribution in [2.24, 2.45) is 5.73 Å². The van der Waals surface area contributed by atoms with Crippen LogP contribution in [0, 0.1) is 0 Å². The van der Waals surface area contributed by atoms with Crippen LogP contribution in [0.1, 0.15) is 16.8 Å². The fourth-order valence-electron chi connectivity index (χ4n) is 2.36. The Hall–Kier alpha value is -2.40. The van der Waals surface area contributed by atoms with Gasteiger partial charge in [-0.1, -0.05) is 12.1 Å². The van der Waals surface area contributed by atoms with Crippen molar-refractivity contribution in [3.05, 3.63) is 54.4 Å². The van der Waals surface area contributed by atoms with E-state index in [1.165, 1.54) is 0 Å². The number of nitrogens with two attached hydrogens (primary N) is 1. The molecule has 0 aliphatic heterocycles. The summed E-state index contributed by atoms with van der Waals surface area (Å²) >= 11 is 0. The number of benzene rings is 1. The third-order valence-corrected chi connectivity index (χ3v) is 3.40. The molecule has 22 heavy (non-hydrogen) atoms. The maximum absolute atomic E-state index is 11.7. The van der Waals surface area contributed by atoms with Gasteiger partial charge in [0.1, 0.15) is 0 Å². The summed E-state index contributed by atoms with van der Waals surface area (Å²) in [6, 6.07) is 11.3. The highest BCUT2D eigenvalue weighted by atomic mass is 16.1. The molecular formula is C17H22N4O. The second-order valence-electron chi connectivity index (χ2n) is 5.40. The lowest BCUT2D eigenvalue weighted by atomic mass is 10.1. The molecule has 2 rings (SSSR count). The maximum Gasteiger partial charge on any atom is 0.250 e. The molecule has 5 nitrogen and oxygen atoms in total. The van der Waals surface area contributed by atoms with E-state index in [0.29, 0.717) is 5.56 Å². The first-order valence-electron chi connectivity index (χ1n) is 7.30. The van der Waals surface area contributed by atoms with Gasteiger partial charge in [-0.25, -0.2) is 0 Å². The van der Waals surface area contributed by atoms with Crippen molar-refractivity contribution in [3.63, 3.8) is 0 Å². The van der Waals surface area contributed by atoms with Crippen LogP contribution in [0.4, 0.5) is 11.4 Å². The van der Waals surface area contributed by atoms with Gasteiger partial charge in [-0.15, -0.1) is 0 Å². The number of rotatable bonds is 7. The molecule has 0 fully saturated rings. The van der Waals surface area contributed by atoms with Crippen molar-refractivity contribution < 1.29 is 4.79 Å². The Morgan fingerprint density at radius 2 is 1.91 bits per heavy atom. The number of nitrogens with zero attached hydrogens (tertiary/aromatic N) is 3. The molecule has 0 atom stereocenters. The predicted molar refractivity (Wildman–Crippen MR) is 89.4 cm³/mol. The van der Waals surface area contributed by atoms with Gasteiger partial charge in [0.15, 0.2) is 0 Å². The van der Waals surface area contributed by atoms with E-state index < -0.39 is 5.91 Å². The van der Waals surface area contributed by atoms with E-state index in [0.717, 1.165) is 30.9 Å². The summed E-state index contributed by atoms with van der Waals surface area (Å²) in [5.41, 5.74) is 7.82. The van der Waals surface area contributed by atoms with Crippen molar-refractivity contribution in [2.45, 2.75) is 6.42 Å². The summed E-state index contributed by atoms with van der Waals surface area (Å²) in [4.78, 5) is 20.1. The van der Waals surface area contributed by atoms with Crippen LogP contribution >= 0.6 is 0 Å². The van der Waals surface area contributed by atoms with Gasteiger partial charge in [0.25, 0.3) is 5.91 Å². The molecule has 2 N–H and O–H groups in total. The number of carbonyl (C=O) groups excluding carboxylic acids is 1. The van der Waals surface area contributed by atoms with Crippen LogP contribution in [0.25, 0.3) is 0 Å². The lowest BCUT2D eigenvalue weighted by molar-refractivity contribution is 0.100. The highest BCUT2D eigenvalue weighted by Gasteiger charge is 2.16. The summed E-state index contributed by atoms with van der Waals surface area (Å²) in [6.45, 7) is 1.75. The Morgan fingerprint density at radius 1 is 1.14 bits per heavy atom. The monoisotopic (exact) mass is 298 g/mol. The van der Waals surface area contributed by atoms with E-state index in [1.807, 2.05) is 44.4 Å². The highest BCUT2D eigenvalue weighted by molar-refractivity contribution is 5.99. The molecule has 0 aliphatic carbocycles. The minimum atomic E-state index is -0.419. The molecule has 116 valence electrons. The number of pyridine rings is 1. The van der Waals surface area contributed by atoms with Gasteiger partial charge in [-0.05, 0) is 51.3 Å². The number of hydrogen-bond donors (Lipinski definition) is 1. The van der Waals surface area contributed by atoms with Gasteiger partial charge in [-0.3, -0.25) is 9.78 Å². The van der Waals surface area contributed by atoms with Crippen molar-refractivity contribution >= 4 is 17.3 Å². The Bertz CT molecular complexity index is 613. The number of hydrogen-bond acceptors (Lipinski definition) is 4. The van der Waals surface area contributed by atoms with Gasteiger partial charge in [0.2, 0.25) is 0 Å². The predicted octanol–water partition coefficient (Wildman–Crippen LogP) is 2.27. The van der Waals surface area contributed by atoms with Crippen molar-refractivity contribution in [2.75, 3.05) is 32.1 Å². The van der Waals surface area contributed by atoms with Crippen molar-refractivity contribution in [1.29, 1.82) is 0 Å². The number of carbonyl (C=O) groups is 1. The molecule has 0 spiro atoms. The van der Waals surface area contributed by atoms with Gasteiger partial charge >= 0.3 is 0 Å². The van der Waals surface area contributed by atoms with Gasteiger partial charge < -0.3 is 15.5 Å². The summed E-state index contributed by atoms with van der Waals surface area (Å²) < 4.78 is 0. The smallest absolute Gasteiger partial charge is 0.250 e. The third-order valence-electron chi connectivity index (χ3n) is 3.40. The first-order valence-corrected chi connectivity index (χ1v) is 7.30. The first-order chi connectivity index (χ1) is 10.6. The summed E-state index contributed by atoms with van der Waals surface area (Å²) in [5.74, 6) is -0.419. The van der Waals surface area contributed by atoms with Crippen LogP contribution in [0.5, 0.6) is 0 Å². The molecule has 0 saturated heterocycles. The molecule has 2 aromatic rings. The van der Waals surface area contributed by atoms with Crippen LogP contribution in [0.15, 0.2) is 48.8 Å². The average Bonchev–Trinajstić information content (AvgIpc) is 2.52. The van der Waals surface area contributed by atoms with E-state index in [-0.39, 0.29) is 0 Å². The summed E-state index contributed by atoms with van der Waals surface area (Å²) in [5, 5.41) is 0. The van der Waals surface area contributed by atoms with E-state index >= 15 is 0 Å². The third kappa shape index (κ3) is 4.05. The normalized spacial score (nSPS) is 10.7. The minimum Gasteiger partial charge on any atom is -0.366 e. The minimum absolute atomic E-state index is 0.419. The van der Waals surface area contributed by atoms with Gasteiger partial charge in [0, 0.05) is 12.7 Å². The fraction of sp³-hybridized carbons (Fsp3) is 0.294. The topological polar surface area (TPSA) is 62.5 Å². The van der Waals surface area contributed by atoms with Crippen LogP contribution < -0.4 is 10.6 Å². The maximum atomic E-state index is 11.7. The molecule has 1 aromatic heterocycles. The number of amides is 1. The SMILES string of the molecule is CN(C)CCCN(c1cccnc1)c1ccccc1C(N)=O. The second-order valence-corrected chi connectivity index (χ2v) is 5.40. The number of aromatic nitrogens is 1. The molecule has 1 heterocycles. The Morgan fingerprint density at radius 3 is 2.55 bits per heavy atom. The molecule has 0 saturated carbocycles. The fourth-order valence-corrected chi connectivity index (χ4v) is 2.36. The molecule has 0 unspecified atom stereocenters. The van der Waals surface area contributed by atoms with Crippen molar-refractivity contribution in [1.82, 2.24) is 9.88 Å². The van der Waals surface area contributed by atoms with E-state index in [4.69, 9.17) is 5.73 Å². The van der Waals surface area contributed by atoms with E-state index in [9.17, 15) is 4.79 Å². The lowest BCUT2D eigenvalue weighted by Gasteiger charge is -2.27. The highest BCUT2D eigenvalue weighted by Crippen LogP contribution is 2.28. The van der Waals surface area contributed by atoms with E-state index in [2.05, 4.69) is 14.8 Å². The van der Waals surface area contributed by atoms with Gasteiger partial charge in [-0.2, -0.15) is 0 Å². The lowest BCUT2D eigenvalue weighted by Crippen LogP contribution is -2.25. The molecule has 1 aromatic carbocycles. The standard InChI is InChI=1S/C17H22N4O/c1-20(2)11-6-12-21(14-7-5-10-19-13-14)16-9-4-3-8-15(16)17(18)22/h3-5,7-10,13H,6,11-12H2,1-2H3,(H2,18,22). The number of para-hydroxylation sites is 1. The summed E-state index contributed by atoms with van der Waals surface area (Å²) in [7, 11) is 4.09. The van der Waals surface area contributed by atoms with E-state index in [1.54, 1.807) is 18.5 Å². The molecule has 0 radical (unpaired) electrons. The molecule has 0 bridgehead atoms. The van der Waals surface area contributed by atoms with Crippen LogP contribution in [-0.4, -0.2) is 43.0 Å². The number of anilines is 2. The largest absolute Gasteiger partial charge is 0.366 e. The molecule has 0 aliphatic rings. The number of primary amides is 1. The van der Waals surface area contributed by atoms with Crippen LogP contribution in [0.2, 0.25) is 0 Å². The van der Waals surface area contributed by atoms with Crippen LogP contribution in [-0.2, 0) is 0 Å². The van der Waals surface area contributed by atoms with Crippen molar-refractivity contribution in [3.8, 4) is 0 Å². The van der Waals surface area contributed by atoms with Gasteiger partial charge in [0.05, 0.1) is 23.1 Å². The summed E-state index contributed by atoms with van der Waals surface area (Å²) in [6.07, 6.45) is 4.50. The molecule has 1 amide bonds. The zero-order chi connectivity index (χ0) is 15.9. The zero-order valence-corrected chi connectivity index (χ0v) is 13.1. The second kappa shape index (κ2) is 7.56. The Labute approximate surface area is 131 Å². The zero-order valence-electron chi connectivity index (χ0n) is 13.1. The van der Waals surface area contributed by atoms with Crippen LogP contribution in [0.3, 0.4) is 0 Å². The quantitative estimate of drug-likeness (QED) is 0.852. The Kier molecular flexibility index (Phi) is 5.49. The Balaban J connectivity index is 2.34. The first kappa shape index (κ1) is 16.0. The molecule has 5 heteroatoms.